The van der Waals surface area contributed by atoms with E-state index in [1.807, 2.05) is 30.6 Å². The molecule has 18 heavy (non-hydrogen) atoms. The van der Waals surface area contributed by atoms with Gasteiger partial charge in [-0.1, -0.05) is 23.4 Å². The van der Waals surface area contributed by atoms with Gasteiger partial charge in [0.15, 0.2) is 5.16 Å². The van der Waals surface area contributed by atoms with Crippen molar-refractivity contribution in [3.8, 4) is 0 Å². The van der Waals surface area contributed by atoms with Crippen LogP contribution in [0.3, 0.4) is 0 Å². The summed E-state index contributed by atoms with van der Waals surface area (Å²) in [5.41, 5.74) is 2.93. The van der Waals surface area contributed by atoms with Gasteiger partial charge in [-0.2, -0.15) is 0 Å². The molecule has 0 aliphatic rings. The van der Waals surface area contributed by atoms with Gasteiger partial charge in [0, 0.05) is 18.0 Å². The first-order valence-electron chi connectivity index (χ1n) is 5.29. The minimum absolute atomic E-state index is 0.470. The fraction of sp³-hybridized carbons (Fsp3) is 0.364. The molecule has 2 heterocycles. The number of nitrogens with zero attached hydrogens (tertiary/aromatic N) is 4. The average Bonchev–Trinajstić information content (AvgIpc) is 2.74. The number of thioether (sulfide) groups is 1. The van der Waals surface area contributed by atoms with Gasteiger partial charge in [-0.25, -0.2) is 15.0 Å². The van der Waals surface area contributed by atoms with E-state index in [4.69, 9.17) is 11.6 Å². The summed E-state index contributed by atoms with van der Waals surface area (Å²) >= 11 is 9.12. The van der Waals surface area contributed by atoms with Crippen molar-refractivity contribution in [1.29, 1.82) is 0 Å². The van der Waals surface area contributed by atoms with Crippen LogP contribution >= 0.6 is 34.7 Å². The highest BCUT2D eigenvalue weighted by molar-refractivity contribution is 7.98. The maximum atomic E-state index is 5.99. The Balaban J connectivity index is 2.20. The molecular formula is C11H13ClN4S2. The van der Waals surface area contributed by atoms with Crippen LogP contribution in [0.4, 0.5) is 5.82 Å². The van der Waals surface area contributed by atoms with Crippen LogP contribution in [-0.4, -0.2) is 28.3 Å². The summed E-state index contributed by atoms with van der Waals surface area (Å²) in [5.74, 6) is 0.826. The molecule has 0 atom stereocenters. The van der Waals surface area contributed by atoms with Crippen molar-refractivity contribution in [3.63, 3.8) is 0 Å². The van der Waals surface area contributed by atoms with Gasteiger partial charge in [0.2, 0.25) is 0 Å². The normalized spacial score (nSPS) is 10.7. The molecule has 7 heteroatoms. The molecule has 0 saturated heterocycles. The van der Waals surface area contributed by atoms with E-state index in [-0.39, 0.29) is 0 Å². The Hall–Kier alpha value is -0.850. The number of hydrogen-bond acceptors (Lipinski definition) is 6. The summed E-state index contributed by atoms with van der Waals surface area (Å²) < 4.78 is 0. The SMILES string of the molecule is CSc1nc(Cl)cc(N(C)Cc2scnc2C)n1. The highest BCUT2D eigenvalue weighted by Crippen LogP contribution is 2.22. The second-order valence-electron chi connectivity index (χ2n) is 3.75. The predicted octanol–water partition coefficient (Wildman–Crippen LogP) is 3.25. The smallest absolute Gasteiger partial charge is 0.190 e. The van der Waals surface area contributed by atoms with E-state index in [9.17, 15) is 0 Å². The maximum absolute atomic E-state index is 5.99. The first kappa shape index (κ1) is 13.6. The van der Waals surface area contributed by atoms with Gasteiger partial charge >= 0.3 is 0 Å². The molecule has 2 rings (SSSR count). The first-order chi connectivity index (χ1) is 8.60. The molecule has 0 aliphatic heterocycles. The van der Waals surface area contributed by atoms with Gasteiger partial charge < -0.3 is 4.90 Å². The van der Waals surface area contributed by atoms with Gasteiger partial charge in [0.1, 0.15) is 11.0 Å². The molecule has 0 aliphatic carbocycles. The summed E-state index contributed by atoms with van der Waals surface area (Å²) in [7, 11) is 1.99. The number of rotatable bonds is 4. The highest BCUT2D eigenvalue weighted by atomic mass is 35.5. The van der Waals surface area contributed by atoms with E-state index in [1.54, 1.807) is 17.4 Å². The lowest BCUT2D eigenvalue weighted by Crippen LogP contribution is -2.18. The summed E-state index contributed by atoms with van der Waals surface area (Å²) in [6.45, 7) is 2.79. The van der Waals surface area contributed by atoms with Gasteiger partial charge in [0.25, 0.3) is 0 Å². The number of aromatic nitrogens is 3. The molecule has 0 N–H and O–H groups in total. The Kier molecular flexibility index (Phi) is 4.42. The quantitative estimate of drug-likeness (QED) is 0.492. The van der Waals surface area contributed by atoms with Crippen molar-refractivity contribution >= 4 is 40.5 Å². The van der Waals surface area contributed by atoms with Crippen LogP contribution in [0.2, 0.25) is 5.15 Å². The summed E-state index contributed by atoms with van der Waals surface area (Å²) in [4.78, 5) is 16.1. The van der Waals surface area contributed by atoms with E-state index in [0.29, 0.717) is 10.3 Å². The van der Waals surface area contributed by atoms with Crippen LogP contribution in [0.15, 0.2) is 16.7 Å². The number of hydrogen-bond donors (Lipinski definition) is 0. The van der Waals surface area contributed by atoms with E-state index in [2.05, 4.69) is 15.0 Å². The molecule has 0 spiro atoms. The minimum atomic E-state index is 0.470. The van der Waals surface area contributed by atoms with Crippen LogP contribution in [0.25, 0.3) is 0 Å². The summed E-state index contributed by atoms with van der Waals surface area (Å²) in [6.07, 6.45) is 1.93. The molecule has 0 aromatic carbocycles. The van der Waals surface area contributed by atoms with Crippen molar-refractivity contribution in [1.82, 2.24) is 15.0 Å². The molecule has 0 unspecified atom stereocenters. The van der Waals surface area contributed by atoms with Crippen LogP contribution in [0, 0.1) is 6.92 Å². The second kappa shape index (κ2) is 5.86. The van der Waals surface area contributed by atoms with E-state index < -0.39 is 0 Å². The topological polar surface area (TPSA) is 41.9 Å². The standard InChI is InChI=1S/C11H13ClN4S2/c1-7-8(18-6-13-7)5-16(2)10-4-9(12)14-11(15-10)17-3/h4,6H,5H2,1-3H3. The monoisotopic (exact) mass is 300 g/mol. The summed E-state index contributed by atoms with van der Waals surface area (Å²) in [6, 6.07) is 1.78. The van der Waals surface area contributed by atoms with Crippen molar-refractivity contribution in [2.45, 2.75) is 18.6 Å². The number of anilines is 1. The molecule has 0 amide bonds. The summed E-state index contributed by atoms with van der Waals surface area (Å²) in [5, 5.41) is 1.16. The molecular weight excluding hydrogens is 288 g/mol. The van der Waals surface area contributed by atoms with E-state index in [1.165, 1.54) is 16.6 Å². The largest absolute Gasteiger partial charge is 0.354 e. The lowest BCUT2D eigenvalue weighted by atomic mass is 10.3. The number of aryl methyl sites for hydroxylation is 1. The zero-order chi connectivity index (χ0) is 13.1. The molecule has 96 valence electrons. The minimum Gasteiger partial charge on any atom is -0.354 e. The molecule has 0 fully saturated rings. The Morgan fingerprint density at radius 1 is 1.44 bits per heavy atom. The Bertz CT molecular complexity index is 544. The lowest BCUT2D eigenvalue weighted by molar-refractivity contribution is 0.859. The number of thiazole rings is 1. The molecule has 2 aromatic rings. The van der Waals surface area contributed by atoms with Crippen LogP contribution in [0.5, 0.6) is 0 Å². The van der Waals surface area contributed by atoms with Gasteiger partial charge in [-0.3, -0.25) is 0 Å². The maximum Gasteiger partial charge on any atom is 0.190 e. The van der Waals surface area contributed by atoms with Gasteiger partial charge in [0.05, 0.1) is 17.7 Å². The number of halogens is 1. The lowest BCUT2D eigenvalue weighted by Gasteiger charge is -2.18. The Labute approximate surface area is 119 Å². The van der Waals surface area contributed by atoms with Crippen molar-refractivity contribution < 1.29 is 0 Å². The fourth-order valence-corrected chi connectivity index (χ4v) is 2.88. The molecule has 0 saturated carbocycles. The van der Waals surface area contributed by atoms with Crippen LogP contribution in [0.1, 0.15) is 10.6 Å². The zero-order valence-corrected chi connectivity index (χ0v) is 12.7. The van der Waals surface area contributed by atoms with Gasteiger partial charge in [-0.05, 0) is 13.2 Å². The Morgan fingerprint density at radius 2 is 2.22 bits per heavy atom. The third-order valence-corrected chi connectivity index (χ3v) is 4.12. The zero-order valence-electron chi connectivity index (χ0n) is 10.3. The van der Waals surface area contributed by atoms with E-state index >= 15 is 0 Å². The van der Waals surface area contributed by atoms with Crippen molar-refractivity contribution in [2.24, 2.45) is 0 Å². The molecule has 0 bridgehead atoms. The average molecular weight is 301 g/mol. The van der Waals surface area contributed by atoms with Gasteiger partial charge in [-0.15, -0.1) is 11.3 Å². The van der Waals surface area contributed by atoms with Crippen LogP contribution in [-0.2, 0) is 6.54 Å². The van der Waals surface area contributed by atoms with Crippen LogP contribution < -0.4 is 4.90 Å². The Morgan fingerprint density at radius 3 is 2.83 bits per heavy atom. The third kappa shape index (κ3) is 3.13. The fourth-order valence-electron chi connectivity index (χ4n) is 1.45. The van der Waals surface area contributed by atoms with E-state index in [0.717, 1.165) is 18.1 Å². The molecule has 4 nitrogen and oxygen atoms in total. The third-order valence-electron chi connectivity index (χ3n) is 2.46. The molecule has 2 aromatic heterocycles. The second-order valence-corrected chi connectivity index (χ2v) is 5.85. The predicted molar refractivity (Wildman–Crippen MR) is 77.8 cm³/mol. The van der Waals surface area contributed by atoms with Crippen molar-refractivity contribution in [3.05, 3.63) is 27.3 Å². The van der Waals surface area contributed by atoms with Crippen molar-refractivity contribution in [2.75, 3.05) is 18.2 Å². The highest BCUT2D eigenvalue weighted by Gasteiger charge is 2.10. The molecule has 0 radical (unpaired) electrons. The first-order valence-corrected chi connectivity index (χ1v) is 7.77.